The van der Waals surface area contributed by atoms with Gasteiger partial charge >= 0.3 is 0 Å². The molecule has 3 rings (SSSR count). The van der Waals surface area contributed by atoms with Crippen LogP contribution in [0.3, 0.4) is 0 Å². The predicted molar refractivity (Wildman–Crippen MR) is 92.1 cm³/mol. The van der Waals surface area contributed by atoms with Gasteiger partial charge < -0.3 is 15.0 Å². The van der Waals surface area contributed by atoms with Gasteiger partial charge in [-0.15, -0.1) is 0 Å². The molecule has 8 heteroatoms. The summed E-state index contributed by atoms with van der Waals surface area (Å²) in [4.78, 5) is 27.3. The molecule has 0 unspecified atom stereocenters. The van der Waals surface area contributed by atoms with Gasteiger partial charge in [0.2, 0.25) is 5.91 Å². The van der Waals surface area contributed by atoms with Crippen molar-refractivity contribution in [3.63, 3.8) is 0 Å². The van der Waals surface area contributed by atoms with Crippen molar-refractivity contribution < 1.29 is 9.53 Å². The Hall–Kier alpha value is -2.61. The number of carbonyl (C=O) groups is 1. The molecule has 0 atom stereocenters. The van der Waals surface area contributed by atoms with Crippen molar-refractivity contribution in [2.24, 2.45) is 0 Å². The van der Waals surface area contributed by atoms with Crippen LogP contribution in [0.15, 0.2) is 41.9 Å². The van der Waals surface area contributed by atoms with E-state index in [4.69, 9.17) is 4.74 Å². The first-order chi connectivity index (χ1) is 11.8. The standard InChI is InChI=1S/C16H17N5O2S/c1-23-12-4-2-11(3-5-12)6-7-17-13(22)8-24-16-14-15(19-9-18-14)20-10-21-16/h2-5,9-10H,6-8H2,1H3,(H,17,22)(H,18,19,20,21). The highest BCUT2D eigenvalue weighted by molar-refractivity contribution is 8.00. The number of aromatic amines is 1. The summed E-state index contributed by atoms with van der Waals surface area (Å²) in [7, 11) is 1.64. The molecule has 2 aromatic heterocycles. The molecule has 24 heavy (non-hydrogen) atoms. The number of H-pyrrole nitrogens is 1. The Morgan fingerprint density at radius 3 is 2.88 bits per heavy atom. The number of imidazole rings is 1. The van der Waals surface area contributed by atoms with Crippen LogP contribution in [0.5, 0.6) is 5.75 Å². The van der Waals surface area contributed by atoms with Gasteiger partial charge in [0.05, 0.1) is 19.2 Å². The van der Waals surface area contributed by atoms with Crippen molar-refractivity contribution in [1.29, 1.82) is 0 Å². The topological polar surface area (TPSA) is 92.8 Å². The van der Waals surface area contributed by atoms with E-state index in [2.05, 4.69) is 25.3 Å². The zero-order valence-electron chi connectivity index (χ0n) is 13.2. The summed E-state index contributed by atoms with van der Waals surface area (Å²) in [5.74, 6) is 1.10. The molecule has 0 radical (unpaired) electrons. The minimum atomic E-state index is -0.0280. The lowest BCUT2D eigenvalue weighted by Crippen LogP contribution is -2.27. The highest BCUT2D eigenvalue weighted by Gasteiger charge is 2.09. The maximum Gasteiger partial charge on any atom is 0.230 e. The lowest BCUT2D eigenvalue weighted by atomic mass is 10.1. The molecule has 0 fully saturated rings. The molecule has 1 amide bonds. The number of fused-ring (bicyclic) bond motifs is 1. The molecule has 7 nitrogen and oxygen atoms in total. The van der Waals surface area contributed by atoms with Gasteiger partial charge in [-0.3, -0.25) is 4.79 Å². The van der Waals surface area contributed by atoms with E-state index in [-0.39, 0.29) is 5.91 Å². The molecule has 0 saturated heterocycles. The molecule has 0 spiro atoms. The maximum atomic E-state index is 12.0. The number of ether oxygens (including phenoxy) is 1. The smallest absolute Gasteiger partial charge is 0.230 e. The molecule has 3 aromatic rings. The Morgan fingerprint density at radius 1 is 1.25 bits per heavy atom. The summed E-state index contributed by atoms with van der Waals surface area (Å²) < 4.78 is 5.12. The molecule has 0 bridgehead atoms. The van der Waals surface area contributed by atoms with Gasteiger partial charge in [-0.05, 0) is 24.1 Å². The first-order valence-corrected chi connectivity index (χ1v) is 8.41. The Balaban J connectivity index is 1.45. The number of methoxy groups -OCH3 is 1. The monoisotopic (exact) mass is 343 g/mol. The average molecular weight is 343 g/mol. The molecule has 1 aromatic carbocycles. The molecule has 2 heterocycles. The van der Waals surface area contributed by atoms with Crippen LogP contribution in [0.1, 0.15) is 5.56 Å². The summed E-state index contributed by atoms with van der Waals surface area (Å²) in [6.45, 7) is 0.592. The average Bonchev–Trinajstić information content (AvgIpc) is 3.10. The number of aromatic nitrogens is 4. The lowest BCUT2D eigenvalue weighted by Gasteiger charge is -2.06. The molecular formula is C16H17N5O2S. The van der Waals surface area contributed by atoms with E-state index in [0.29, 0.717) is 17.9 Å². The third-order valence-electron chi connectivity index (χ3n) is 3.42. The van der Waals surface area contributed by atoms with Crippen LogP contribution in [0.4, 0.5) is 0 Å². The second kappa shape index (κ2) is 7.78. The van der Waals surface area contributed by atoms with Gasteiger partial charge in [0.25, 0.3) is 0 Å². The van der Waals surface area contributed by atoms with Crippen LogP contribution in [0.2, 0.25) is 0 Å². The predicted octanol–water partition coefficient (Wildman–Crippen LogP) is 1.81. The second-order valence-electron chi connectivity index (χ2n) is 5.02. The van der Waals surface area contributed by atoms with Crippen molar-refractivity contribution in [2.45, 2.75) is 11.4 Å². The second-order valence-corrected chi connectivity index (χ2v) is 5.98. The third-order valence-corrected chi connectivity index (χ3v) is 4.41. The normalized spacial score (nSPS) is 10.7. The van der Waals surface area contributed by atoms with Gasteiger partial charge in [-0.25, -0.2) is 15.0 Å². The number of nitrogens with one attached hydrogen (secondary N) is 2. The summed E-state index contributed by atoms with van der Waals surface area (Å²) >= 11 is 1.36. The summed E-state index contributed by atoms with van der Waals surface area (Å²) in [6, 6.07) is 7.82. The van der Waals surface area contributed by atoms with E-state index >= 15 is 0 Å². The van der Waals surface area contributed by atoms with Crippen LogP contribution in [-0.2, 0) is 11.2 Å². The Morgan fingerprint density at radius 2 is 2.08 bits per heavy atom. The maximum absolute atomic E-state index is 12.0. The summed E-state index contributed by atoms with van der Waals surface area (Å²) in [5.41, 5.74) is 2.51. The molecule has 0 aliphatic heterocycles. The number of nitrogens with zero attached hydrogens (tertiary/aromatic N) is 3. The fourth-order valence-corrected chi connectivity index (χ4v) is 2.96. The van der Waals surface area contributed by atoms with Crippen LogP contribution >= 0.6 is 11.8 Å². The van der Waals surface area contributed by atoms with E-state index in [0.717, 1.165) is 28.3 Å². The number of amides is 1. The Kier molecular flexibility index (Phi) is 5.27. The quantitative estimate of drug-likeness (QED) is 0.502. The molecule has 2 N–H and O–H groups in total. The van der Waals surface area contributed by atoms with Crippen LogP contribution < -0.4 is 10.1 Å². The van der Waals surface area contributed by atoms with Crippen molar-refractivity contribution in [2.75, 3.05) is 19.4 Å². The van der Waals surface area contributed by atoms with E-state index in [1.54, 1.807) is 13.4 Å². The fraction of sp³-hybridized carbons (Fsp3) is 0.250. The van der Waals surface area contributed by atoms with E-state index in [1.165, 1.54) is 18.1 Å². The van der Waals surface area contributed by atoms with Crippen molar-refractivity contribution in [3.05, 3.63) is 42.5 Å². The van der Waals surface area contributed by atoms with Crippen molar-refractivity contribution in [3.8, 4) is 5.75 Å². The van der Waals surface area contributed by atoms with Gasteiger partial charge in [-0.2, -0.15) is 0 Å². The summed E-state index contributed by atoms with van der Waals surface area (Å²) in [6.07, 6.45) is 3.80. The first kappa shape index (κ1) is 16.3. The largest absolute Gasteiger partial charge is 0.497 e. The van der Waals surface area contributed by atoms with Crippen LogP contribution in [-0.4, -0.2) is 45.3 Å². The molecule has 0 saturated carbocycles. The SMILES string of the molecule is COc1ccc(CCNC(=O)CSc2ncnc3nc[nH]c23)cc1. The van der Waals surface area contributed by atoms with Crippen LogP contribution in [0, 0.1) is 0 Å². The highest BCUT2D eigenvalue weighted by Crippen LogP contribution is 2.21. The number of rotatable bonds is 7. The van der Waals surface area contributed by atoms with Gasteiger partial charge in [0.15, 0.2) is 5.65 Å². The minimum absolute atomic E-state index is 0.0280. The minimum Gasteiger partial charge on any atom is -0.497 e. The number of carbonyl (C=O) groups excluding carboxylic acids is 1. The third kappa shape index (κ3) is 4.02. The number of hydrogen-bond acceptors (Lipinski definition) is 6. The first-order valence-electron chi connectivity index (χ1n) is 7.43. The summed E-state index contributed by atoms with van der Waals surface area (Å²) in [5, 5.41) is 3.64. The Bertz CT molecular complexity index is 819. The lowest BCUT2D eigenvalue weighted by molar-refractivity contribution is -0.118. The van der Waals surface area contributed by atoms with E-state index < -0.39 is 0 Å². The zero-order chi connectivity index (χ0) is 16.8. The zero-order valence-corrected chi connectivity index (χ0v) is 14.0. The number of benzene rings is 1. The van der Waals surface area contributed by atoms with Crippen LogP contribution in [0.25, 0.3) is 11.2 Å². The highest BCUT2D eigenvalue weighted by atomic mass is 32.2. The molecular weight excluding hydrogens is 326 g/mol. The molecule has 0 aliphatic carbocycles. The van der Waals surface area contributed by atoms with Gasteiger partial charge in [0.1, 0.15) is 22.6 Å². The van der Waals surface area contributed by atoms with E-state index in [9.17, 15) is 4.79 Å². The van der Waals surface area contributed by atoms with E-state index in [1.807, 2.05) is 24.3 Å². The number of thioether (sulfide) groups is 1. The molecule has 124 valence electrons. The Labute approximate surface area is 143 Å². The molecule has 0 aliphatic rings. The fourth-order valence-electron chi connectivity index (χ4n) is 2.18. The van der Waals surface area contributed by atoms with Crippen molar-refractivity contribution in [1.82, 2.24) is 25.3 Å². The number of hydrogen-bond donors (Lipinski definition) is 2. The van der Waals surface area contributed by atoms with Gasteiger partial charge in [-0.1, -0.05) is 23.9 Å². The van der Waals surface area contributed by atoms with Gasteiger partial charge in [0, 0.05) is 6.54 Å². The van der Waals surface area contributed by atoms with Crippen molar-refractivity contribution >= 4 is 28.8 Å².